The fraction of sp³-hybridized carbons (Fsp3) is 0.467. The summed E-state index contributed by atoms with van der Waals surface area (Å²) in [4.78, 5) is 2.39. The van der Waals surface area contributed by atoms with Crippen molar-refractivity contribution in [1.29, 1.82) is 0 Å². The number of rotatable bonds is 4. The zero-order chi connectivity index (χ0) is 13.0. The lowest BCUT2D eigenvalue weighted by Crippen LogP contribution is -2.25. The molecule has 0 aromatic heterocycles. The summed E-state index contributed by atoms with van der Waals surface area (Å²) in [6, 6.07) is 5.39. The molecule has 0 saturated heterocycles. The van der Waals surface area contributed by atoms with Crippen LogP contribution in [0.15, 0.2) is 18.2 Å². The molecule has 18 heavy (non-hydrogen) atoms. The van der Waals surface area contributed by atoms with Crippen molar-refractivity contribution in [3.63, 3.8) is 0 Å². The third-order valence-electron chi connectivity index (χ3n) is 3.22. The van der Waals surface area contributed by atoms with E-state index in [1.807, 2.05) is 0 Å². The van der Waals surface area contributed by atoms with Gasteiger partial charge in [-0.25, -0.2) is 4.39 Å². The second-order valence-electron chi connectivity index (χ2n) is 4.56. The highest BCUT2D eigenvalue weighted by Gasteiger charge is 2.27. The molecular weight excluding hydrogens is 229 g/mol. The van der Waals surface area contributed by atoms with Crippen LogP contribution in [0.25, 0.3) is 0 Å². The number of halogens is 1. The van der Waals surface area contributed by atoms with Crippen LogP contribution in [0, 0.1) is 17.7 Å². The van der Waals surface area contributed by atoms with E-state index in [1.165, 1.54) is 25.0 Å². The molecule has 1 saturated carbocycles. The summed E-state index contributed by atoms with van der Waals surface area (Å²) < 4.78 is 13.2. The van der Waals surface area contributed by atoms with E-state index in [4.69, 9.17) is 5.11 Å². The van der Waals surface area contributed by atoms with E-state index in [0.29, 0.717) is 11.6 Å². The van der Waals surface area contributed by atoms with Crippen LogP contribution in [0.1, 0.15) is 30.9 Å². The average molecular weight is 247 g/mol. The van der Waals surface area contributed by atoms with Crippen molar-refractivity contribution in [1.82, 2.24) is 4.90 Å². The number of hydrogen-bond donors (Lipinski definition) is 1. The maximum Gasteiger partial charge on any atom is 0.124 e. The summed E-state index contributed by atoms with van der Waals surface area (Å²) in [5.74, 6) is 5.13. The van der Waals surface area contributed by atoms with Gasteiger partial charge < -0.3 is 5.11 Å². The standard InChI is InChI=1S/C15H18FNO/c1-2-17(15-7-8-15)11-13-5-6-14(16)10-12(13)4-3-9-18/h5-6,10,15,18H,2,7-9,11H2,1H3. The quantitative estimate of drug-likeness (QED) is 0.824. The number of aliphatic hydroxyl groups excluding tert-OH is 1. The molecule has 1 aliphatic carbocycles. The molecule has 0 heterocycles. The Morgan fingerprint density at radius 2 is 2.22 bits per heavy atom. The number of benzene rings is 1. The number of nitrogens with zero attached hydrogens (tertiary/aromatic N) is 1. The van der Waals surface area contributed by atoms with Crippen LogP contribution in [-0.4, -0.2) is 29.2 Å². The molecule has 96 valence electrons. The summed E-state index contributed by atoms with van der Waals surface area (Å²) in [6.07, 6.45) is 2.51. The summed E-state index contributed by atoms with van der Waals surface area (Å²) >= 11 is 0. The topological polar surface area (TPSA) is 23.5 Å². The highest BCUT2D eigenvalue weighted by molar-refractivity contribution is 5.41. The molecular formula is C15H18FNO. The first kappa shape index (κ1) is 13.1. The van der Waals surface area contributed by atoms with Gasteiger partial charge in [0.05, 0.1) is 0 Å². The van der Waals surface area contributed by atoms with E-state index >= 15 is 0 Å². The van der Waals surface area contributed by atoms with Crippen molar-refractivity contribution in [2.75, 3.05) is 13.2 Å². The monoisotopic (exact) mass is 247 g/mol. The molecule has 1 aromatic rings. The predicted molar refractivity (Wildman–Crippen MR) is 69.5 cm³/mol. The van der Waals surface area contributed by atoms with Gasteiger partial charge in [-0.05, 0) is 37.1 Å². The Bertz CT molecular complexity index is 471. The van der Waals surface area contributed by atoms with E-state index in [2.05, 4.69) is 23.7 Å². The highest BCUT2D eigenvalue weighted by Crippen LogP contribution is 2.28. The van der Waals surface area contributed by atoms with Crippen molar-refractivity contribution in [3.8, 4) is 11.8 Å². The molecule has 0 amide bonds. The molecule has 1 N–H and O–H groups in total. The first-order chi connectivity index (χ1) is 8.74. The van der Waals surface area contributed by atoms with E-state index in [-0.39, 0.29) is 12.4 Å². The van der Waals surface area contributed by atoms with Gasteiger partial charge in [-0.1, -0.05) is 24.8 Å². The van der Waals surface area contributed by atoms with Gasteiger partial charge in [0, 0.05) is 18.2 Å². The second-order valence-corrected chi connectivity index (χ2v) is 4.56. The van der Waals surface area contributed by atoms with E-state index in [1.54, 1.807) is 6.07 Å². The molecule has 0 aliphatic heterocycles. The molecule has 2 rings (SSSR count). The first-order valence-corrected chi connectivity index (χ1v) is 6.36. The van der Waals surface area contributed by atoms with Gasteiger partial charge in [0.25, 0.3) is 0 Å². The first-order valence-electron chi connectivity index (χ1n) is 6.36. The zero-order valence-corrected chi connectivity index (χ0v) is 10.6. The summed E-state index contributed by atoms with van der Waals surface area (Å²) in [6.45, 7) is 3.74. The van der Waals surface area contributed by atoms with Crippen molar-refractivity contribution in [2.45, 2.75) is 32.4 Å². The van der Waals surface area contributed by atoms with Crippen LogP contribution < -0.4 is 0 Å². The smallest absolute Gasteiger partial charge is 0.124 e. The van der Waals surface area contributed by atoms with Crippen LogP contribution in [0.2, 0.25) is 0 Å². The molecule has 0 atom stereocenters. The molecule has 1 fully saturated rings. The zero-order valence-electron chi connectivity index (χ0n) is 10.6. The normalized spacial score (nSPS) is 14.4. The number of aliphatic hydroxyl groups is 1. The van der Waals surface area contributed by atoms with Gasteiger partial charge in [0.1, 0.15) is 12.4 Å². The van der Waals surface area contributed by atoms with Gasteiger partial charge in [-0.2, -0.15) is 0 Å². The van der Waals surface area contributed by atoms with Gasteiger partial charge in [0.15, 0.2) is 0 Å². The largest absolute Gasteiger partial charge is 0.384 e. The van der Waals surface area contributed by atoms with Gasteiger partial charge in [0.2, 0.25) is 0 Å². The van der Waals surface area contributed by atoms with Crippen molar-refractivity contribution >= 4 is 0 Å². The lowest BCUT2D eigenvalue weighted by atomic mass is 10.1. The van der Waals surface area contributed by atoms with Gasteiger partial charge in [-0.15, -0.1) is 0 Å². The van der Waals surface area contributed by atoms with E-state index < -0.39 is 0 Å². The van der Waals surface area contributed by atoms with E-state index in [9.17, 15) is 4.39 Å². The Balaban J connectivity index is 2.19. The SMILES string of the molecule is CCN(Cc1ccc(F)cc1C#CCO)C1CC1. The van der Waals surface area contributed by atoms with Crippen molar-refractivity contribution in [2.24, 2.45) is 0 Å². The third kappa shape index (κ3) is 3.32. The molecule has 2 nitrogen and oxygen atoms in total. The molecule has 0 bridgehead atoms. The van der Waals surface area contributed by atoms with Crippen LogP contribution in [0.5, 0.6) is 0 Å². The Hall–Kier alpha value is -1.37. The highest BCUT2D eigenvalue weighted by atomic mass is 19.1. The average Bonchev–Trinajstić information content (AvgIpc) is 3.19. The molecule has 0 spiro atoms. The fourth-order valence-corrected chi connectivity index (χ4v) is 2.10. The van der Waals surface area contributed by atoms with Crippen molar-refractivity contribution < 1.29 is 9.50 Å². The minimum atomic E-state index is -0.282. The minimum absolute atomic E-state index is 0.198. The molecule has 0 unspecified atom stereocenters. The van der Waals surface area contributed by atoms with Crippen LogP contribution in [-0.2, 0) is 6.54 Å². The molecule has 1 aromatic carbocycles. The Kier molecular flexibility index (Phi) is 4.35. The van der Waals surface area contributed by atoms with Gasteiger partial charge >= 0.3 is 0 Å². The maximum atomic E-state index is 13.2. The Morgan fingerprint density at radius 3 is 2.83 bits per heavy atom. The van der Waals surface area contributed by atoms with Crippen LogP contribution in [0.3, 0.4) is 0 Å². The van der Waals surface area contributed by atoms with Gasteiger partial charge in [-0.3, -0.25) is 4.90 Å². The second kappa shape index (κ2) is 5.99. The fourth-order valence-electron chi connectivity index (χ4n) is 2.10. The molecule has 1 aliphatic rings. The third-order valence-corrected chi connectivity index (χ3v) is 3.22. The molecule has 0 radical (unpaired) electrons. The van der Waals surface area contributed by atoms with Crippen LogP contribution in [0.4, 0.5) is 4.39 Å². The summed E-state index contributed by atoms with van der Waals surface area (Å²) in [5.41, 5.74) is 1.72. The lowest BCUT2D eigenvalue weighted by Gasteiger charge is -2.20. The summed E-state index contributed by atoms with van der Waals surface area (Å²) in [5, 5.41) is 8.74. The van der Waals surface area contributed by atoms with Crippen LogP contribution >= 0.6 is 0 Å². The van der Waals surface area contributed by atoms with Crippen molar-refractivity contribution in [3.05, 3.63) is 35.1 Å². The Morgan fingerprint density at radius 1 is 1.44 bits per heavy atom. The maximum absolute atomic E-state index is 13.2. The molecule has 3 heteroatoms. The predicted octanol–water partition coefficient (Wildman–Crippen LogP) is 2.15. The number of hydrogen-bond acceptors (Lipinski definition) is 2. The van der Waals surface area contributed by atoms with E-state index in [0.717, 1.165) is 18.7 Å². The summed E-state index contributed by atoms with van der Waals surface area (Å²) in [7, 11) is 0. The Labute approximate surface area is 107 Å². The lowest BCUT2D eigenvalue weighted by molar-refractivity contribution is 0.269. The minimum Gasteiger partial charge on any atom is -0.384 e.